The number of benzene rings is 1. The molecule has 1 saturated heterocycles. The maximum absolute atomic E-state index is 11.0. The van der Waals surface area contributed by atoms with E-state index in [-0.39, 0.29) is 12.0 Å². The molecular weight excluding hydrogens is 334 g/mol. The van der Waals surface area contributed by atoms with Crippen molar-refractivity contribution in [3.63, 3.8) is 0 Å². The molecule has 7 nitrogen and oxygen atoms in total. The van der Waals surface area contributed by atoms with Gasteiger partial charge in [-0.3, -0.25) is 4.98 Å². The van der Waals surface area contributed by atoms with Gasteiger partial charge in [0, 0.05) is 18.2 Å². The number of amides is 1. The first-order chi connectivity index (χ1) is 12.7. The fourth-order valence-corrected chi connectivity index (χ4v) is 2.79. The Morgan fingerprint density at radius 2 is 2.12 bits per heavy atom. The van der Waals surface area contributed by atoms with E-state index in [0.29, 0.717) is 37.6 Å². The standard InChI is InChI=1S/C19H19N3O4/c20-9-13-1-6-17(22-10-13)14-2-4-16(5-3-14)25-12-15-11-24-8-7-18(15)26-19(21)23/h1-6,10,15,18H,7-8,11-12H2,(H2,21,23)/t15-,18+/m1/s1. The minimum absolute atomic E-state index is 0.0591. The van der Waals surface area contributed by atoms with Crippen LogP contribution in [0.15, 0.2) is 42.6 Å². The Morgan fingerprint density at radius 3 is 2.77 bits per heavy atom. The predicted molar refractivity (Wildman–Crippen MR) is 93.3 cm³/mol. The van der Waals surface area contributed by atoms with E-state index in [9.17, 15) is 4.79 Å². The fourth-order valence-electron chi connectivity index (χ4n) is 2.79. The molecule has 2 atom stereocenters. The Labute approximate surface area is 151 Å². The number of primary amides is 1. The molecule has 2 N–H and O–H groups in total. The Hall–Kier alpha value is -3.11. The average Bonchev–Trinajstić information content (AvgIpc) is 2.67. The third kappa shape index (κ3) is 4.49. The molecule has 26 heavy (non-hydrogen) atoms. The summed E-state index contributed by atoms with van der Waals surface area (Å²) >= 11 is 0. The molecule has 7 heteroatoms. The molecule has 0 aliphatic carbocycles. The summed E-state index contributed by atoms with van der Waals surface area (Å²) in [4.78, 5) is 15.3. The van der Waals surface area contributed by atoms with E-state index in [0.717, 1.165) is 11.3 Å². The monoisotopic (exact) mass is 353 g/mol. The Balaban J connectivity index is 1.60. The van der Waals surface area contributed by atoms with E-state index in [1.165, 1.54) is 0 Å². The minimum Gasteiger partial charge on any atom is -0.493 e. The van der Waals surface area contributed by atoms with Gasteiger partial charge in [-0.15, -0.1) is 0 Å². The highest BCUT2D eigenvalue weighted by molar-refractivity contribution is 5.64. The van der Waals surface area contributed by atoms with E-state index < -0.39 is 6.09 Å². The number of hydrogen-bond acceptors (Lipinski definition) is 6. The highest BCUT2D eigenvalue weighted by Crippen LogP contribution is 2.23. The maximum atomic E-state index is 11.0. The lowest BCUT2D eigenvalue weighted by Gasteiger charge is -2.30. The zero-order valence-electron chi connectivity index (χ0n) is 14.1. The van der Waals surface area contributed by atoms with Crippen molar-refractivity contribution in [2.24, 2.45) is 11.7 Å². The van der Waals surface area contributed by atoms with Crippen molar-refractivity contribution in [1.29, 1.82) is 5.26 Å². The quantitative estimate of drug-likeness (QED) is 0.885. The molecule has 0 saturated carbocycles. The van der Waals surface area contributed by atoms with Crippen LogP contribution >= 0.6 is 0 Å². The molecule has 1 aliphatic heterocycles. The average molecular weight is 353 g/mol. The molecule has 0 unspecified atom stereocenters. The Morgan fingerprint density at radius 1 is 1.31 bits per heavy atom. The summed E-state index contributed by atoms with van der Waals surface area (Å²) in [6, 6.07) is 13.1. The predicted octanol–water partition coefficient (Wildman–Crippen LogP) is 2.50. The van der Waals surface area contributed by atoms with Crippen molar-refractivity contribution in [2.45, 2.75) is 12.5 Å². The summed E-state index contributed by atoms with van der Waals surface area (Å²) in [5.74, 6) is 0.641. The van der Waals surface area contributed by atoms with E-state index >= 15 is 0 Å². The van der Waals surface area contributed by atoms with Crippen molar-refractivity contribution >= 4 is 6.09 Å². The number of ether oxygens (including phenoxy) is 3. The van der Waals surface area contributed by atoms with Crippen molar-refractivity contribution in [1.82, 2.24) is 4.98 Å². The van der Waals surface area contributed by atoms with Gasteiger partial charge in [-0.05, 0) is 36.4 Å². The number of nitrogens with zero attached hydrogens (tertiary/aromatic N) is 2. The lowest BCUT2D eigenvalue weighted by molar-refractivity contribution is -0.0541. The van der Waals surface area contributed by atoms with E-state index in [1.54, 1.807) is 18.3 Å². The summed E-state index contributed by atoms with van der Waals surface area (Å²) in [5.41, 5.74) is 7.35. The zero-order chi connectivity index (χ0) is 18.4. The first kappa shape index (κ1) is 17.7. The van der Waals surface area contributed by atoms with Gasteiger partial charge >= 0.3 is 6.09 Å². The van der Waals surface area contributed by atoms with Crippen LogP contribution in [0, 0.1) is 17.2 Å². The third-order valence-electron chi connectivity index (χ3n) is 4.18. The van der Waals surface area contributed by atoms with Gasteiger partial charge < -0.3 is 19.9 Å². The lowest BCUT2D eigenvalue weighted by atomic mass is 9.99. The summed E-state index contributed by atoms with van der Waals surface area (Å²) in [5, 5.41) is 8.82. The Bertz CT molecular complexity index is 784. The molecule has 1 amide bonds. The maximum Gasteiger partial charge on any atom is 0.404 e. The molecule has 0 radical (unpaired) electrons. The van der Waals surface area contributed by atoms with Gasteiger partial charge in [0.1, 0.15) is 17.9 Å². The van der Waals surface area contributed by atoms with Gasteiger partial charge in [-0.1, -0.05) is 0 Å². The van der Waals surface area contributed by atoms with Gasteiger partial charge in [0.25, 0.3) is 0 Å². The number of carbonyl (C=O) groups is 1. The van der Waals surface area contributed by atoms with Crippen molar-refractivity contribution in [3.8, 4) is 23.1 Å². The largest absolute Gasteiger partial charge is 0.493 e. The van der Waals surface area contributed by atoms with Crippen LogP contribution in [0.4, 0.5) is 4.79 Å². The normalized spacial score (nSPS) is 19.3. The summed E-state index contributed by atoms with van der Waals surface area (Å²) in [6.45, 7) is 1.37. The van der Waals surface area contributed by atoms with Crippen LogP contribution in [-0.2, 0) is 9.47 Å². The number of aromatic nitrogens is 1. The second-order valence-corrected chi connectivity index (χ2v) is 5.98. The van der Waals surface area contributed by atoms with E-state index in [1.807, 2.05) is 30.3 Å². The minimum atomic E-state index is -0.777. The molecule has 1 aliphatic rings. The molecule has 2 heterocycles. The highest BCUT2D eigenvalue weighted by Gasteiger charge is 2.29. The second kappa shape index (κ2) is 8.32. The molecule has 1 aromatic heterocycles. The second-order valence-electron chi connectivity index (χ2n) is 5.98. The van der Waals surface area contributed by atoms with Gasteiger partial charge in [0.15, 0.2) is 0 Å². The molecule has 134 valence electrons. The molecule has 0 bridgehead atoms. The summed E-state index contributed by atoms with van der Waals surface area (Å²) < 4.78 is 16.4. The molecule has 1 aromatic carbocycles. The smallest absolute Gasteiger partial charge is 0.404 e. The first-order valence-corrected chi connectivity index (χ1v) is 8.29. The molecule has 1 fully saturated rings. The van der Waals surface area contributed by atoms with Crippen molar-refractivity contribution in [3.05, 3.63) is 48.2 Å². The number of nitrogens with two attached hydrogens (primary N) is 1. The summed E-state index contributed by atoms with van der Waals surface area (Å²) in [7, 11) is 0. The van der Waals surface area contributed by atoms with Crippen LogP contribution in [0.2, 0.25) is 0 Å². The number of carbonyl (C=O) groups excluding carboxylic acids is 1. The topological polar surface area (TPSA) is 107 Å². The first-order valence-electron chi connectivity index (χ1n) is 8.29. The Kier molecular flexibility index (Phi) is 5.66. The third-order valence-corrected chi connectivity index (χ3v) is 4.18. The highest BCUT2D eigenvalue weighted by atomic mass is 16.6. The number of rotatable bonds is 5. The van der Waals surface area contributed by atoms with Crippen molar-refractivity contribution < 1.29 is 19.0 Å². The van der Waals surface area contributed by atoms with Gasteiger partial charge in [-0.25, -0.2) is 4.79 Å². The van der Waals surface area contributed by atoms with Crippen LogP contribution in [-0.4, -0.2) is 37.0 Å². The molecular formula is C19H19N3O4. The van der Waals surface area contributed by atoms with Gasteiger partial charge in [0.05, 0.1) is 37.0 Å². The van der Waals surface area contributed by atoms with Gasteiger partial charge in [-0.2, -0.15) is 5.26 Å². The fraction of sp³-hybridized carbons (Fsp3) is 0.316. The van der Waals surface area contributed by atoms with E-state index in [4.69, 9.17) is 25.2 Å². The lowest BCUT2D eigenvalue weighted by Crippen LogP contribution is -2.40. The molecule has 3 rings (SSSR count). The van der Waals surface area contributed by atoms with Crippen LogP contribution in [0.5, 0.6) is 5.75 Å². The van der Waals surface area contributed by atoms with Gasteiger partial charge in [0.2, 0.25) is 0 Å². The van der Waals surface area contributed by atoms with Crippen LogP contribution in [0.1, 0.15) is 12.0 Å². The van der Waals surface area contributed by atoms with Crippen molar-refractivity contribution in [2.75, 3.05) is 19.8 Å². The molecule has 0 spiro atoms. The zero-order valence-corrected chi connectivity index (χ0v) is 14.1. The number of hydrogen-bond donors (Lipinski definition) is 1. The summed E-state index contributed by atoms with van der Waals surface area (Å²) in [6.07, 6.45) is 1.09. The van der Waals surface area contributed by atoms with Crippen LogP contribution in [0.25, 0.3) is 11.3 Å². The number of pyridine rings is 1. The molecule has 2 aromatic rings. The SMILES string of the molecule is N#Cc1ccc(-c2ccc(OC[C@H]3COCC[C@@H]3OC(N)=O)cc2)nc1. The van der Waals surface area contributed by atoms with Crippen LogP contribution < -0.4 is 10.5 Å². The number of nitriles is 1. The van der Waals surface area contributed by atoms with E-state index in [2.05, 4.69) is 4.98 Å². The van der Waals surface area contributed by atoms with Crippen LogP contribution in [0.3, 0.4) is 0 Å².